The van der Waals surface area contributed by atoms with Crippen molar-refractivity contribution in [3.8, 4) is 0 Å². The number of hydrogen-bond donors (Lipinski definition) is 2. The van der Waals surface area contributed by atoms with Crippen LogP contribution >= 0.6 is 12.2 Å². The maximum atomic E-state index is 10.5. The van der Waals surface area contributed by atoms with Gasteiger partial charge in [-0.2, -0.15) is 5.10 Å². The van der Waals surface area contributed by atoms with Gasteiger partial charge in [0.1, 0.15) is 12.4 Å². The topological polar surface area (TPSA) is 111 Å². The van der Waals surface area contributed by atoms with Gasteiger partial charge in [-0.1, -0.05) is 0 Å². The molecule has 0 bridgehead atoms. The van der Waals surface area contributed by atoms with Crippen LogP contribution < -0.4 is 11.2 Å². The van der Waals surface area contributed by atoms with Gasteiger partial charge in [0.15, 0.2) is 5.11 Å². The fourth-order valence-corrected chi connectivity index (χ4v) is 0.910. The molecular weight excluding hydrogens is 220 g/mol. The molecule has 9 heteroatoms. The fourth-order valence-electron chi connectivity index (χ4n) is 0.858. The maximum absolute atomic E-state index is 10.5. The van der Waals surface area contributed by atoms with E-state index in [-0.39, 0.29) is 10.9 Å². The molecule has 0 aliphatic heterocycles. The number of hydrogen-bond acceptors (Lipinski definition) is 5. The van der Waals surface area contributed by atoms with Crippen molar-refractivity contribution >= 4 is 29.4 Å². The van der Waals surface area contributed by atoms with E-state index in [9.17, 15) is 10.1 Å². The molecule has 0 unspecified atom stereocenters. The van der Waals surface area contributed by atoms with Crippen molar-refractivity contribution in [2.24, 2.45) is 17.9 Å². The van der Waals surface area contributed by atoms with E-state index in [1.165, 1.54) is 17.8 Å². The Hall–Kier alpha value is -2.03. The van der Waals surface area contributed by atoms with Crippen molar-refractivity contribution < 1.29 is 4.92 Å². The maximum Gasteiger partial charge on any atom is 0.342 e. The Labute approximate surface area is 89.9 Å². The second-order valence-electron chi connectivity index (χ2n) is 2.52. The number of nitrogens with two attached hydrogens (primary N) is 1. The lowest BCUT2D eigenvalue weighted by Gasteiger charge is -1.94. The number of nitrogens with one attached hydrogen (secondary N) is 1. The Morgan fingerprint density at radius 2 is 2.60 bits per heavy atom. The fraction of sp³-hybridized carbons (Fsp3) is 0.167. The number of hydrazone groups is 1. The predicted molar refractivity (Wildman–Crippen MR) is 57.4 cm³/mol. The van der Waals surface area contributed by atoms with E-state index in [0.29, 0.717) is 5.82 Å². The van der Waals surface area contributed by atoms with Gasteiger partial charge in [0, 0.05) is 0 Å². The summed E-state index contributed by atoms with van der Waals surface area (Å²) in [5.74, 6) is 0.206. The first-order valence-corrected chi connectivity index (χ1v) is 4.18. The minimum atomic E-state index is -0.536. The molecule has 1 heterocycles. The van der Waals surface area contributed by atoms with E-state index in [1.807, 2.05) is 0 Å². The summed E-state index contributed by atoms with van der Waals surface area (Å²) in [7, 11) is 1.51. The third kappa shape index (κ3) is 2.71. The SMILES string of the molecule is Cn1c([N+](=O)[O-])cnc1/C=N\NC(N)=S. The van der Waals surface area contributed by atoms with Crippen LogP contribution in [0.25, 0.3) is 0 Å². The Balaban J connectivity index is 2.83. The summed E-state index contributed by atoms with van der Waals surface area (Å²) >= 11 is 4.51. The molecule has 0 aromatic carbocycles. The number of rotatable bonds is 3. The van der Waals surface area contributed by atoms with Gasteiger partial charge in [-0.3, -0.25) is 5.43 Å². The van der Waals surface area contributed by atoms with Gasteiger partial charge >= 0.3 is 5.82 Å². The normalized spacial score (nSPS) is 10.5. The van der Waals surface area contributed by atoms with E-state index < -0.39 is 4.92 Å². The third-order valence-corrected chi connectivity index (χ3v) is 1.63. The second kappa shape index (κ2) is 4.46. The summed E-state index contributed by atoms with van der Waals surface area (Å²) in [4.78, 5) is 13.7. The highest BCUT2D eigenvalue weighted by Crippen LogP contribution is 2.09. The zero-order chi connectivity index (χ0) is 11.4. The molecule has 0 saturated heterocycles. The summed E-state index contributed by atoms with van der Waals surface area (Å²) in [6.07, 6.45) is 2.42. The number of aromatic nitrogens is 2. The molecule has 15 heavy (non-hydrogen) atoms. The van der Waals surface area contributed by atoms with Crippen molar-refractivity contribution in [2.75, 3.05) is 0 Å². The third-order valence-electron chi connectivity index (χ3n) is 1.54. The molecule has 0 spiro atoms. The van der Waals surface area contributed by atoms with Gasteiger partial charge in [0.05, 0.1) is 7.05 Å². The first kappa shape index (κ1) is 11.0. The van der Waals surface area contributed by atoms with Gasteiger partial charge in [-0.25, -0.2) is 9.55 Å². The van der Waals surface area contributed by atoms with Crippen molar-refractivity contribution in [1.29, 1.82) is 0 Å². The molecule has 1 rings (SSSR count). The highest BCUT2D eigenvalue weighted by Gasteiger charge is 2.14. The molecule has 0 saturated carbocycles. The van der Waals surface area contributed by atoms with Crippen molar-refractivity contribution in [2.45, 2.75) is 0 Å². The van der Waals surface area contributed by atoms with Crippen LogP contribution in [0.3, 0.4) is 0 Å². The van der Waals surface area contributed by atoms with Crippen molar-refractivity contribution in [3.63, 3.8) is 0 Å². The summed E-state index contributed by atoms with van der Waals surface area (Å²) in [6, 6.07) is 0. The smallest absolute Gasteiger partial charge is 0.342 e. The predicted octanol–water partition coefficient (Wildman–Crippen LogP) is -0.505. The van der Waals surface area contributed by atoms with Gasteiger partial charge in [0.2, 0.25) is 5.82 Å². The van der Waals surface area contributed by atoms with Crippen LogP contribution in [0.2, 0.25) is 0 Å². The summed E-state index contributed by atoms with van der Waals surface area (Å²) in [5, 5.41) is 14.1. The molecule has 0 fully saturated rings. The lowest BCUT2D eigenvalue weighted by molar-refractivity contribution is -0.391. The average molecular weight is 228 g/mol. The standard InChI is InChI=1S/C6H8N6O2S/c1-11-4(2-9-10-6(7)15)8-3-5(11)12(13)14/h2-3H,1H3,(H3,7,10,15)/b9-2-. The Bertz CT molecular complexity index is 425. The van der Waals surface area contributed by atoms with Gasteiger partial charge in [-0.05, 0) is 17.1 Å². The first-order valence-electron chi connectivity index (χ1n) is 3.77. The van der Waals surface area contributed by atoms with Crippen LogP contribution in [0.15, 0.2) is 11.3 Å². The van der Waals surface area contributed by atoms with E-state index in [1.54, 1.807) is 0 Å². The molecule has 0 amide bonds. The van der Waals surface area contributed by atoms with Gasteiger partial charge < -0.3 is 15.8 Å². The number of nitrogens with zero attached hydrogens (tertiary/aromatic N) is 4. The van der Waals surface area contributed by atoms with Gasteiger partial charge in [0.25, 0.3) is 0 Å². The second-order valence-corrected chi connectivity index (χ2v) is 2.96. The van der Waals surface area contributed by atoms with Crippen LogP contribution in [0, 0.1) is 10.1 Å². The zero-order valence-corrected chi connectivity index (χ0v) is 8.56. The Morgan fingerprint density at radius 3 is 3.07 bits per heavy atom. The van der Waals surface area contributed by atoms with Crippen molar-refractivity contribution in [1.82, 2.24) is 15.0 Å². The number of nitro groups is 1. The van der Waals surface area contributed by atoms with E-state index >= 15 is 0 Å². The highest BCUT2D eigenvalue weighted by atomic mass is 32.1. The van der Waals surface area contributed by atoms with Crippen molar-refractivity contribution in [3.05, 3.63) is 22.1 Å². The minimum Gasteiger partial charge on any atom is -0.375 e. The van der Waals surface area contributed by atoms with E-state index in [4.69, 9.17) is 5.73 Å². The zero-order valence-electron chi connectivity index (χ0n) is 7.75. The van der Waals surface area contributed by atoms with Crippen LogP contribution in [0.4, 0.5) is 5.82 Å². The molecule has 0 aliphatic carbocycles. The van der Waals surface area contributed by atoms with Gasteiger partial charge in [-0.15, -0.1) is 0 Å². The first-order chi connectivity index (χ1) is 7.02. The Kier molecular flexibility index (Phi) is 3.29. The minimum absolute atomic E-state index is 0.00922. The summed E-state index contributed by atoms with van der Waals surface area (Å²) in [6.45, 7) is 0. The lowest BCUT2D eigenvalue weighted by Crippen LogP contribution is -2.24. The van der Waals surface area contributed by atoms with Crippen LogP contribution in [-0.4, -0.2) is 25.8 Å². The lowest BCUT2D eigenvalue weighted by atomic mass is 10.6. The van der Waals surface area contributed by atoms with E-state index in [0.717, 1.165) is 6.20 Å². The molecule has 0 aliphatic rings. The molecule has 3 N–H and O–H groups in total. The quantitative estimate of drug-likeness (QED) is 0.312. The molecule has 1 aromatic heterocycles. The molecule has 0 atom stereocenters. The summed E-state index contributed by atoms with van der Waals surface area (Å²) < 4.78 is 1.28. The summed E-state index contributed by atoms with van der Waals surface area (Å²) in [5.41, 5.74) is 7.43. The molecule has 8 nitrogen and oxygen atoms in total. The highest BCUT2D eigenvalue weighted by molar-refractivity contribution is 7.80. The number of imidazole rings is 1. The molecule has 80 valence electrons. The van der Waals surface area contributed by atoms with Crippen LogP contribution in [-0.2, 0) is 7.05 Å². The number of thiocarbonyl (C=S) groups is 1. The monoisotopic (exact) mass is 228 g/mol. The van der Waals surface area contributed by atoms with Crippen LogP contribution in [0.5, 0.6) is 0 Å². The van der Waals surface area contributed by atoms with Crippen LogP contribution in [0.1, 0.15) is 5.82 Å². The molecular formula is C6H8N6O2S. The molecule has 1 aromatic rings. The molecule has 0 radical (unpaired) electrons. The average Bonchev–Trinajstić information content (AvgIpc) is 2.47. The largest absolute Gasteiger partial charge is 0.375 e. The van der Waals surface area contributed by atoms with E-state index in [2.05, 4.69) is 27.7 Å². The Morgan fingerprint density at radius 1 is 1.93 bits per heavy atom.